The molecule has 0 unspecified atom stereocenters. The molecule has 3 aromatic rings. The minimum atomic E-state index is 0.742. The maximum Gasteiger partial charge on any atom is 0.203 e. The van der Waals surface area contributed by atoms with E-state index >= 15 is 0 Å². The van der Waals surface area contributed by atoms with Gasteiger partial charge in [-0.15, -0.1) is 0 Å². The number of aromatic nitrogens is 3. The normalized spacial score (nSPS) is 15.7. The summed E-state index contributed by atoms with van der Waals surface area (Å²) >= 11 is 5.92. The summed E-state index contributed by atoms with van der Waals surface area (Å²) in [5.41, 5.74) is 4.84. The molecule has 1 aromatic heterocycles. The molecular formula is C23H29N5S. The summed E-state index contributed by atoms with van der Waals surface area (Å²) < 4.78 is 4.92. The van der Waals surface area contributed by atoms with Crippen LogP contribution >= 0.6 is 12.2 Å². The fourth-order valence-corrected chi connectivity index (χ4v) is 4.22. The Morgan fingerprint density at radius 1 is 0.966 bits per heavy atom. The van der Waals surface area contributed by atoms with Gasteiger partial charge in [-0.05, 0) is 50.3 Å². The number of rotatable bonds is 5. The molecule has 0 N–H and O–H groups in total. The minimum absolute atomic E-state index is 0.742. The van der Waals surface area contributed by atoms with E-state index in [1.807, 2.05) is 10.7 Å². The maximum absolute atomic E-state index is 5.92. The van der Waals surface area contributed by atoms with Crippen LogP contribution < -0.4 is 0 Å². The Kier molecular flexibility index (Phi) is 5.94. The first-order valence-corrected chi connectivity index (χ1v) is 10.6. The van der Waals surface area contributed by atoms with Crippen molar-refractivity contribution in [3.8, 4) is 5.69 Å². The van der Waals surface area contributed by atoms with Crippen LogP contribution in [0.5, 0.6) is 0 Å². The Balaban J connectivity index is 1.72. The molecule has 152 valence electrons. The van der Waals surface area contributed by atoms with Crippen LogP contribution in [0.15, 0.2) is 48.5 Å². The highest BCUT2D eigenvalue weighted by Gasteiger charge is 2.19. The lowest BCUT2D eigenvalue weighted by Gasteiger charge is -2.31. The topological polar surface area (TPSA) is 29.2 Å². The Bertz CT molecular complexity index is 1030. The molecule has 1 aliphatic rings. The van der Waals surface area contributed by atoms with Crippen molar-refractivity contribution >= 4 is 12.2 Å². The van der Waals surface area contributed by atoms with Crippen LogP contribution in [0, 0.1) is 18.6 Å². The molecule has 0 spiro atoms. The Morgan fingerprint density at radius 2 is 1.69 bits per heavy atom. The van der Waals surface area contributed by atoms with Crippen molar-refractivity contribution in [3.05, 3.63) is 75.8 Å². The Morgan fingerprint density at radius 3 is 2.38 bits per heavy atom. The van der Waals surface area contributed by atoms with Crippen LogP contribution in [0.4, 0.5) is 0 Å². The lowest BCUT2D eigenvalue weighted by atomic mass is 10.1. The standard InChI is InChI=1S/C23H29N5S/c1-18-9-10-21(19(2)15-18)28-22(16-20-7-5-4-6-8-20)24-27(23(28)29)17-26-13-11-25(3)12-14-26/h4-10,15H,11-14,16-17H2,1-3H3. The van der Waals surface area contributed by atoms with E-state index in [0.717, 1.165) is 55.6 Å². The molecule has 1 aliphatic heterocycles. The van der Waals surface area contributed by atoms with Crippen LogP contribution in [0.25, 0.3) is 5.69 Å². The molecule has 2 heterocycles. The molecule has 6 heteroatoms. The first-order valence-electron chi connectivity index (χ1n) is 10.2. The molecule has 0 atom stereocenters. The van der Waals surface area contributed by atoms with Crippen LogP contribution in [0.3, 0.4) is 0 Å². The van der Waals surface area contributed by atoms with Gasteiger partial charge < -0.3 is 4.90 Å². The van der Waals surface area contributed by atoms with Crippen molar-refractivity contribution in [3.63, 3.8) is 0 Å². The number of hydrogen-bond acceptors (Lipinski definition) is 4. The van der Waals surface area contributed by atoms with Gasteiger partial charge >= 0.3 is 0 Å². The lowest BCUT2D eigenvalue weighted by Crippen LogP contribution is -2.45. The second-order valence-corrected chi connectivity index (χ2v) is 8.41. The average Bonchev–Trinajstić information content (AvgIpc) is 2.99. The molecule has 29 heavy (non-hydrogen) atoms. The summed E-state index contributed by atoms with van der Waals surface area (Å²) in [6, 6.07) is 17.0. The van der Waals surface area contributed by atoms with Gasteiger partial charge in [-0.2, -0.15) is 5.10 Å². The van der Waals surface area contributed by atoms with Crippen molar-refractivity contribution in [2.75, 3.05) is 33.2 Å². The zero-order chi connectivity index (χ0) is 20.4. The zero-order valence-electron chi connectivity index (χ0n) is 17.5. The molecule has 0 radical (unpaired) electrons. The highest BCUT2D eigenvalue weighted by Crippen LogP contribution is 2.21. The first kappa shape index (κ1) is 20.0. The number of nitrogens with zero attached hydrogens (tertiary/aromatic N) is 5. The van der Waals surface area contributed by atoms with Gasteiger partial charge in [-0.1, -0.05) is 48.0 Å². The maximum atomic E-state index is 5.92. The number of piperazine rings is 1. The van der Waals surface area contributed by atoms with Gasteiger partial charge in [0, 0.05) is 32.6 Å². The first-order chi connectivity index (χ1) is 14.0. The summed E-state index contributed by atoms with van der Waals surface area (Å²) in [7, 11) is 2.18. The zero-order valence-corrected chi connectivity index (χ0v) is 18.3. The Labute approximate surface area is 178 Å². The highest BCUT2D eigenvalue weighted by molar-refractivity contribution is 7.71. The van der Waals surface area contributed by atoms with Gasteiger partial charge in [0.2, 0.25) is 4.77 Å². The number of hydrogen-bond donors (Lipinski definition) is 0. The van der Waals surface area contributed by atoms with Crippen LogP contribution in [0.2, 0.25) is 0 Å². The third-order valence-electron chi connectivity index (χ3n) is 5.63. The third-order valence-corrected chi connectivity index (χ3v) is 6.03. The summed E-state index contributed by atoms with van der Waals surface area (Å²) in [6.45, 7) is 9.27. The summed E-state index contributed by atoms with van der Waals surface area (Å²) in [6.07, 6.45) is 0.757. The molecule has 4 rings (SSSR count). The van der Waals surface area contributed by atoms with E-state index in [1.54, 1.807) is 0 Å². The monoisotopic (exact) mass is 407 g/mol. The fraction of sp³-hybridized carbons (Fsp3) is 0.391. The molecule has 1 saturated heterocycles. The molecular weight excluding hydrogens is 378 g/mol. The predicted octanol–water partition coefficient (Wildman–Crippen LogP) is 3.82. The smallest absolute Gasteiger partial charge is 0.203 e. The van der Waals surface area contributed by atoms with E-state index in [4.69, 9.17) is 17.3 Å². The van der Waals surface area contributed by atoms with Crippen molar-refractivity contribution in [1.29, 1.82) is 0 Å². The largest absolute Gasteiger partial charge is 0.304 e. The van der Waals surface area contributed by atoms with Gasteiger partial charge in [0.1, 0.15) is 5.82 Å². The quantitative estimate of drug-likeness (QED) is 0.602. The summed E-state index contributed by atoms with van der Waals surface area (Å²) in [5, 5.41) is 4.98. The summed E-state index contributed by atoms with van der Waals surface area (Å²) in [5.74, 6) is 0.988. The number of likely N-dealkylation sites (N-methyl/N-ethyl adjacent to an activating group) is 1. The fourth-order valence-electron chi connectivity index (χ4n) is 3.91. The second-order valence-electron chi connectivity index (χ2n) is 8.05. The van der Waals surface area contributed by atoms with Gasteiger partial charge in [0.15, 0.2) is 0 Å². The van der Waals surface area contributed by atoms with Crippen LogP contribution in [-0.4, -0.2) is 57.4 Å². The van der Waals surface area contributed by atoms with Gasteiger partial charge in [0.05, 0.1) is 12.4 Å². The molecule has 2 aromatic carbocycles. The third kappa shape index (κ3) is 4.50. The van der Waals surface area contributed by atoms with E-state index in [-0.39, 0.29) is 0 Å². The van der Waals surface area contributed by atoms with Gasteiger partial charge in [0.25, 0.3) is 0 Å². The van der Waals surface area contributed by atoms with Crippen molar-refractivity contribution in [1.82, 2.24) is 24.1 Å². The number of benzene rings is 2. The van der Waals surface area contributed by atoms with E-state index in [9.17, 15) is 0 Å². The van der Waals surface area contributed by atoms with Crippen molar-refractivity contribution < 1.29 is 0 Å². The molecule has 5 nitrogen and oxygen atoms in total. The van der Waals surface area contributed by atoms with E-state index < -0.39 is 0 Å². The van der Waals surface area contributed by atoms with E-state index in [0.29, 0.717) is 0 Å². The van der Waals surface area contributed by atoms with Crippen LogP contribution in [-0.2, 0) is 13.1 Å². The predicted molar refractivity (Wildman–Crippen MR) is 120 cm³/mol. The van der Waals surface area contributed by atoms with Gasteiger partial charge in [-0.3, -0.25) is 9.47 Å². The van der Waals surface area contributed by atoms with Crippen molar-refractivity contribution in [2.24, 2.45) is 0 Å². The lowest BCUT2D eigenvalue weighted by molar-refractivity contribution is 0.118. The van der Waals surface area contributed by atoms with Gasteiger partial charge in [-0.25, -0.2) is 4.68 Å². The molecule has 1 fully saturated rings. The van der Waals surface area contributed by atoms with E-state index in [2.05, 4.69) is 77.7 Å². The van der Waals surface area contributed by atoms with Crippen LogP contribution in [0.1, 0.15) is 22.5 Å². The minimum Gasteiger partial charge on any atom is -0.304 e. The Hall–Kier alpha value is -2.28. The SMILES string of the molecule is Cc1ccc(-n2c(Cc3ccccc3)nn(CN3CCN(C)CC3)c2=S)c(C)c1. The van der Waals surface area contributed by atoms with Crippen molar-refractivity contribution in [2.45, 2.75) is 26.9 Å². The molecule has 0 saturated carbocycles. The van der Waals surface area contributed by atoms with E-state index in [1.165, 1.54) is 16.7 Å². The summed E-state index contributed by atoms with van der Waals surface area (Å²) in [4.78, 5) is 4.80. The molecule has 0 aliphatic carbocycles. The molecule has 0 amide bonds. The highest BCUT2D eigenvalue weighted by atomic mass is 32.1. The average molecular weight is 408 g/mol. The second kappa shape index (κ2) is 8.61. The molecule has 0 bridgehead atoms. The number of aryl methyl sites for hydroxylation is 2.